The third kappa shape index (κ3) is 5.59. The molecule has 1 saturated heterocycles. The summed E-state index contributed by atoms with van der Waals surface area (Å²) in [6.45, 7) is 8.78. The van der Waals surface area contributed by atoms with Crippen LogP contribution in [0.4, 0.5) is 9.18 Å². The molecule has 25 heavy (non-hydrogen) atoms. The van der Waals surface area contributed by atoms with E-state index in [1.807, 2.05) is 27.7 Å². The fraction of sp³-hybridized carbons (Fsp3) is 0.632. The molecule has 2 atom stereocenters. The first-order chi connectivity index (χ1) is 11.7. The van der Waals surface area contributed by atoms with Crippen LogP contribution >= 0.6 is 0 Å². The average Bonchev–Trinajstić information content (AvgIpc) is 2.51. The smallest absolute Gasteiger partial charge is 0.410 e. The van der Waals surface area contributed by atoms with Crippen molar-refractivity contribution in [3.05, 3.63) is 29.6 Å². The van der Waals surface area contributed by atoms with E-state index in [1.165, 1.54) is 6.07 Å². The summed E-state index contributed by atoms with van der Waals surface area (Å²) < 4.78 is 18.6. The zero-order valence-electron chi connectivity index (χ0n) is 15.5. The number of rotatable bonds is 4. The molecule has 0 aromatic heterocycles. The Morgan fingerprint density at radius 1 is 1.44 bits per heavy atom. The van der Waals surface area contributed by atoms with Crippen molar-refractivity contribution in [2.45, 2.75) is 64.6 Å². The standard InChI is InChI=1S/C19H29FN2O3/c1-13(16-9-8-14(20)11-17(16)23)21-12-15-7-5-6-10-22(15)18(24)25-19(2,3)4/h8-9,11,13,15,21,23H,5-7,10,12H2,1-4H3. The summed E-state index contributed by atoms with van der Waals surface area (Å²) in [5, 5.41) is 13.2. The number of hydrogen-bond donors (Lipinski definition) is 2. The van der Waals surface area contributed by atoms with Gasteiger partial charge in [0.15, 0.2) is 0 Å². The van der Waals surface area contributed by atoms with Crippen LogP contribution in [0.3, 0.4) is 0 Å². The van der Waals surface area contributed by atoms with Crippen molar-refractivity contribution in [2.24, 2.45) is 0 Å². The lowest BCUT2D eigenvalue weighted by Crippen LogP contribution is -2.50. The largest absolute Gasteiger partial charge is 0.508 e. The van der Waals surface area contributed by atoms with Crippen molar-refractivity contribution in [1.29, 1.82) is 0 Å². The molecule has 2 unspecified atom stereocenters. The predicted molar refractivity (Wildman–Crippen MR) is 95.1 cm³/mol. The number of nitrogens with one attached hydrogen (secondary N) is 1. The third-order valence-electron chi connectivity index (χ3n) is 4.37. The normalized spacial score (nSPS) is 19.6. The maximum atomic E-state index is 13.1. The fourth-order valence-electron chi connectivity index (χ4n) is 3.08. The van der Waals surface area contributed by atoms with Crippen LogP contribution in [0.1, 0.15) is 58.6 Å². The summed E-state index contributed by atoms with van der Waals surface area (Å²) in [5.74, 6) is -0.524. The molecule has 1 amide bonds. The van der Waals surface area contributed by atoms with Crippen molar-refractivity contribution in [1.82, 2.24) is 10.2 Å². The van der Waals surface area contributed by atoms with Gasteiger partial charge in [-0.05, 0) is 53.0 Å². The first-order valence-corrected chi connectivity index (χ1v) is 8.89. The zero-order valence-corrected chi connectivity index (χ0v) is 15.5. The summed E-state index contributed by atoms with van der Waals surface area (Å²) in [4.78, 5) is 14.2. The molecule has 1 aromatic carbocycles. The van der Waals surface area contributed by atoms with Crippen molar-refractivity contribution in [3.63, 3.8) is 0 Å². The SMILES string of the molecule is CC(NCC1CCCCN1C(=O)OC(C)(C)C)c1ccc(F)cc1O. The van der Waals surface area contributed by atoms with Gasteiger partial charge in [-0.3, -0.25) is 0 Å². The molecule has 0 saturated carbocycles. The van der Waals surface area contributed by atoms with E-state index >= 15 is 0 Å². The van der Waals surface area contributed by atoms with Gasteiger partial charge in [0.05, 0.1) is 0 Å². The second-order valence-electron chi connectivity index (χ2n) is 7.66. The topological polar surface area (TPSA) is 61.8 Å². The third-order valence-corrected chi connectivity index (χ3v) is 4.37. The van der Waals surface area contributed by atoms with Crippen molar-refractivity contribution < 1.29 is 19.0 Å². The first kappa shape index (κ1) is 19.5. The summed E-state index contributed by atoms with van der Waals surface area (Å²) in [6.07, 6.45) is 2.68. The van der Waals surface area contributed by atoms with E-state index in [1.54, 1.807) is 11.0 Å². The summed E-state index contributed by atoms with van der Waals surface area (Å²) in [5.41, 5.74) is 0.126. The molecule has 1 aromatic rings. The lowest BCUT2D eigenvalue weighted by molar-refractivity contribution is 0.00969. The molecule has 0 radical (unpaired) electrons. The Kier molecular flexibility index (Phi) is 6.27. The highest BCUT2D eigenvalue weighted by molar-refractivity contribution is 5.68. The molecule has 6 heteroatoms. The van der Waals surface area contributed by atoms with Gasteiger partial charge in [0.25, 0.3) is 0 Å². The van der Waals surface area contributed by atoms with Gasteiger partial charge >= 0.3 is 6.09 Å². The molecule has 5 nitrogen and oxygen atoms in total. The van der Waals surface area contributed by atoms with E-state index in [2.05, 4.69) is 5.32 Å². The Morgan fingerprint density at radius 2 is 2.16 bits per heavy atom. The van der Waals surface area contributed by atoms with Crippen molar-refractivity contribution in [3.8, 4) is 5.75 Å². The first-order valence-electron chi connectivity index (χ1n) is 8.89. The highest BCUT2D eigenvalue weighted by Crippen LogP contribution is 2.26. The van der Waals surface area contributed by atoms with Crippen LogP contribution in [0.2, 0.25) is 0 Å². The summed E-state index contributed by atoms with van der Waals surface area (Å²) >= 11 is 0. The molecule has 1 heterocycles. The van der Waals surface area contributed by atoms with E-state index in [0.717, 1.165) is 25.3 Å². The molecule has 2 N–H and O–H groups in total. The summed E-state index contributed by atoms with van der Waals surface area (Å²) in [7, 11) is 0. The number of amides is 1. The molecule has 0 bridgehead atoms. The molecule has 140 valence electrons. The van der Waals surface area contributed by atoms with Gasteiger partial charge in [-0.1, -0.05) is 6.07 Å². The van der Waals surface area contributed by atoms with E-state index in [-0.39, 0.29) is 23.9 Å². The number of phenols is 1. The van der Waals surface area contributed by atoms with Gasteiger partial charge in [-0.15, -0.1) is 0 Å². The number of likely N-dealkylation sites (tertiary alicyclic amines) is 1. The van der Waals surface area contributed by atoms with Crippen LogP contribution in [0.15, 0.2) is 18.2 Å². The van der Waals surface area contributed by atoms with Crippen LogP contribution in [-0.4, -0.2) is 40.8 Å². The number of ether oxygens (including phenoxy) is 1. The van der Waals surface area contributed by atoms with Crippen LogP contribution in [0.5, 0.6) is 5.75 Å². The number of carbonyl (C=O) groups is 1. The minimum atomic E-state index is -0.514. The second kappa shape index (κ2) is 8.04. The Hall–Kier alpha value is -1.82. The number of aromatic hydroxyl groups is 1. The van der Waals surface area contributed by atoms with E-state index in [4.69, 9.17) is 4.74 Å². The van der Waals surface area contributed by atoms with Gasteiger partial charge in [-0.2, -0.15) is 0 Å². The molecule has 1 aliphatic rings. The number of phenolic OH excluding ortho intramolecular Hbond substituents is 1. The van der Waals surface area contributed by atoms with Gasteiger partial charge < -0.3 is 20.1 Å². The Bertz CT molecular complexity index is 601. The zero-order chi connectivity index (χ0) is 18.6. The number of hydrogen-bond acceptors (Lipinski definition) is 4. The molecule has 1 fully saturated rings. The Balaban J connectivity index is 1.98. The predicted octanol–water partition coefficient (Wildman–Crippen LogP) is 3.97. The van der Waals surface area contributed by atoms with Crippen LogP contribution in [-0.2, 0) is 4.74 Å². The number of piperidine rings is 1. The molecule has 1 aliphatic heterocycles. The van der Waals surface area contributed by atoms with Crippen molar-refractivity contribution in [2.75, 3.05) is 13.1 Å². The van der Waals surface area contributed by atoms with Gasteiger partial charge in [0.1, 0.15) is 17.2 Å². The monoisotopic (exact) mass is 352 g/mol. The molecule has 0 aliphatic carbocycles. The quantitative estimate of drug-likeness (QED) is 0.861. The average molecular weight is 352 g/mol. The van der Waals surface area contributed by atoms with Crippen LogP contribution < -0.4 is 5.32 Å². The second-order valence-corrected chi connectivity index (χ2v) is 7.66. The maximum Gasteiger partial charge on any atom is 0.410 e. The van der Waals surface area contributed by atoms with Crippen molar-refractivity contribution >= 4 is 6.09 Å². The van der Waals surface area contributed by atoms with E-state index in [0.29, 0.717) is 18.7 Å². The molecular formula is C19H29FN2O3. The molecular weight excluding hydrogens is 323 g/mol. The van der Waals surface area contributed by atoms with Crippen LogP contribution in [0, 0.1) is 5.82 Å². The number of nitrogens with zero attached hydrogens (tertiary/aromatic N) is 1. The highest BCUT2D eigenvalue weighted by Gasteiger charge is 2.30. The van der Waals surface area contributed by atoms with Gasteiger partial charge in [-0.25, -0.2) is 9.18 Å². The Labute approximate surface area is 149 Å². The highest BCUT2D eigenvalue weighted by atomic mass is 19.1. The van der Waals surface area contributed by atoms with E-state index < -0.39 is 11.4 Å². The minimum absolute atomic E-state index is 0.0497. The summed E-state index contributed by atoms with van der Waals surface area (Å²) in [6, 6.07) is 3.92. The number of benzene rings is 1. The van der Waals surface area contributed by atoms with Gasteiger partial charge in [0.2, 0.25) is 0 Å². The molecule has 2 rings (SSSR count). The fourth-order valence-corrected chi connectivity index (χ4v) is 3.08. The number of carbonyl (C=O) groups excluding carboxylic acids is 1. The van der Waals surface area contributed by atoms with Crippen LogP contribution in [0.25, 0.3) is 0 Å². The lowest BCUT2D eigenvalue weighted by atomic mass is 10.0. The lowest BCUT2D eigenvalue weighted by Gasteiger charge is -2.37. The van der Waals surface area contributed by atoms with E-state index in [9.17, 15) is 14.3 Å². The molecule has 0 spiro atoms. The number of halogens is 1. The Morgan fingerprint density at radius 3 is 2.80 bits per heavy atom. The maximum absolute atomic E-state index is 13.1. The van der Waals surface area contributed by atoms with Gasteiger partial charge in [0, 0.05) is 36.8 Å². The minimum Gasteiger partial charge on any atom is -0.508 e.